The molecule has 2 aromatic carbocycles. The third kappa shape index (κ3) is 5.83. The van der Waals surface area contributed by atoms with E-state index < -0.39 is 35.4 Å². The number of carbonyl (C=O) groups is 2. The second-order valence-corrected chi connectivity index (χ2v) is 14.4. The van der Waals surface area contributed by atoms with E-state index in [1.165, 1.54) is 11.8 Å². The number of phenolic OH excluding ortho intramolecular Hbond substituents is 1. The first-order valence-electron chi connectivity index (χ1n) is 16.6. The van der Waals surface area contributed by atoms with E-state index >= 15 is 0 Å². The summed E-state index contributed by atoms with van der Waals surface area (Å²) < 4.78 is 35.6. The van der Waals surface area contributed by atoms with Gasteiger partial charge in [-0.15, -0.1) is 11.8 Å². The summed E-state index contributed by atoms with van der Waals surface area (Å²) in [6.07, 6.45) is 1.48. The topological polar surface area (TPSA) is 152 Å². The van der Waals surface area contributed by atoms with Crippen molar-refractivity contribution in [3.63, 3.8) is 0 Å². The van der Waals surface area contributed by atoms with Crippen LogP contribution in [0.4, 0.5) is 0 Å². The molecule has 15 heteroatoms. The second kappa shape index (κ2) is 14.9. The minimum Gasteiger partial charge on any atom is -0.507 e. The minimum absolute atomic E-state index is 0. The van der Waals surface area contributed by atoms with Crippen LogP contribution in [0.1, 0.15) is 70.5 Å². The molecule has 8 rings (SSSR count). The van der Waals surface area contributed by atoms with Crippen molar-refractivity contribution in [2.45, 2.75) is 81.5 Å². The van der Waals surface area contributed by atoms with Gasteiger partial charge in [0, 0.05) is 97.7 Å². The number of likely N-dealkylation sites (N-methyl/N-ethyl adjacent to an activating group) is 1. The molecule has 2 fully saturated rings. The maximum absolute atomic E-state index is 13.6. The van der Waals surface area contributed by atoms with Crippen LogP contribution in [-0.4, -0.2) is 98.2 Å². The van der Waals surface area contributed by atoms with E-state index in [0.29, 0.717) is 52.5 Å². The summed E-state index contributed by atoms with van der Waals surface area (Å²) >= 11 is 1.45. The Morgan fingerprint density at radius 1 is 1.16 bits per heavy atom. The molecule has 1 amide bonds. The molecular formula is C35H42AcN4O9S. The number of aromatic hydroxyl groups is 1. The molecular weight excluding hydrogens is 879 g/mol. The van der Waals surface area contributed by atoms with Crippen molar-refractivity contribution < 1.29 is 87.2 Å². The molecule has 6 aliphatic rings. The van der Waals surface area contributed by atoms with Crippen molar-refractivity contribution in [2.75, 3.05) is 47.2 Å². The first kappa shape index (κ1) is 37.3. The zero-order valence-electron chi connectivity index (χ0n) is 29.1. The van der Waals surface area contributed by atoms with Gasteiger partial charge in [-0.05, 0) is 44.9 Å². The Kier molecular flexibility index (Phi) is 11.1. The van der Waals surface area contributed by atoms with E-state index in [1.807, 2.05) is 20.9 Å². The van der Waals surface area contributed by atoms with Crippen molar-refractivity contribution in [3.8, 4) is 34.8 Å². The van der Waals surface area contributed by atoms with Gasteiger partial charge in [0.05, 0.1) is 30.5 Å². The summed E-state index contributed by atoms with van der Waals surface area (Å²) in [7, 11) is 5.21. The number of esters is 1. The first-order valence-corrected chi connectivity index (χ1v) is 17.6. The maximum Gasteiger partial charge on any atom is 0.329 e. The summed E-state index contributed by atoms with van der Waals surface area (Å²) in [5.74, 6) is 1.59. The number of amides is 1. The van der Waals surface area contributed by atoms with Crippen molar-refractivity contribution in [3.05, 3.63) is 39.4 Å². The van der Waals surface area contributed by atoms with E-state index in [2.05, 4.69) is 27.3 Å². The van der Waals surface area contributed by atoms with Gasteiger partial charge < -0.3 is 38.8 Å². The second-order valence-electron chi connectivity index (χ2n) is 13.2. The molecule has 13 nitrogen and oxygen atoms in total. The Labute approximate surface area is 331 Å². The van der Waals surface area contributed by atoms with Crippen LogP contribution in [0.25, 0.3) is 0 Å². The van der Waals surface area contributed by atoms with Gasteiger partial charge in [0.2, 0.25) is 12.7 Å². The molecule has 50 heavy (non-hydrogen) atoms. The zero-order valence-corrected chi connectivity index (χ0v) is 34.7. The quantitative estimate of drug-likeness (QED) is 0.308. The number of benzene rings is 2. The van der Waals surface area contributed by atoms with Gasteiger partial charge in [-0.3, -0.25) is 14.6 Å². The van der Waals surface area contributed by atoms with Gasteiger partial charge >= 0.3 is 5.97 Å². The van der Waals surface area contributed by atoms with Crippen molar-refractivity contribution in [1.29, 1.82) is 5.26 Å². The number of nitriles is 1. The average molecular weight is 922 g/mol. The molecule has 265 valence electrons. The normalized spacial score (nSPS) is 27.9. The molecule has 6 heterocycles. The number of fused-ring (bicyclic) bond motifs is 10. The standard InChI is InChI=1S/C35H42N4O9S.Ac/c1-7-8-23(40)37-19-13-49-34-26-25(33-31(47-15-48-33)17(3)29(26)41)22(12-45-35(19)42)39-21(11-36)20-10-18-9-16(2)30(44-6)32(46-14-43-5)24(18)27(28(34)39)38(20)4;/h9,19-22,27-28,34,41H,7-8,10,12-15H2,1-6H3,(H,37,40);/t19-,20-,21-,22-,27+,28?,34+;/m0./s1. The summed E-state index contributed by atoms with van der Waals surface area (Å²) in [6, 6.07) is 1.55. The summed E-state index contributed by atoms with van der Waals surface area (Å²) in [4.78, 5) is 30.8. The number of phenols is 1. The van der Waals surface area contributed by atoms with Gasteiger partial charge in [0.25, 0.3) is 0 Å². The van der Waals surface area contributed by atoms with Crippen molar-refractivity contribution >= 4 is 23.6 Å². The monoisotopic (exact) mass is 921 g/mol. The number of carbonyl (C=O) groups excluding carboxylic acids is 2. The molecule has 0 saturated carbocycles. The summed E-state index contributed by atoms with van der Waals surface area (Å²) in [5.41, 5.74) is 4.75. The molecule has 0 aromatic heterocycles. The number of aryl methyl sites for hydroxylation is 1. The van der Waals surface area contributed by atoms with Crippen LogP contribution >= 0.6 is 11.8 Å². The Morgan fingerprint density at radius 3 is 2.62 bits per heavy atom. The van der Waals surface area contributed by atoms with Crippen LogP contribution in [0.5, 0.6) is 28.7 Å². The van der Waals surface area contributed by atoms with E-state index in [4.69, 9.17) is 28.4 Å². The molecule has 2 aromatic rings. The Balaban J connectivity index is 0.00000432. The molecule has 7 atom stereocenters. The van der Waals surface area contributed by atoms with E-state index in [9.17, 15) is 20.0 Å². The molecule has 0 spiro atoms. The van der Waals surface area contributed by atoms with Crippen molar-refractivity contribution in [2.24, 2.45) is 0 Å². The summed E-state index contributed by atoms with van der Waals surface area (Å²) in [6.45, 7) is 5.53. The van der Waals surface area contributed by atoms with Crippen LogP contribution in [0.15, 0.2) is 6.07 Å². The SMILES string of the molecule is CCCC(=O)N[C@H]1CS[C@@H]2c3c(O)c(C)c4c(c3[C@H](COC1=O)N1C2[C@H]2c3c(cc(C)c(OC)c3OCOC)C[C@@H]([C@@H]1C#N)N2C)OCO4.[Ac]. The molecule has 2 saturated heterocycles. The third-order valence-electron chi connectivity index (χ3n) is 10.6. The zero-order chi connectivity index (χ0) is 34.7. The van der Waals surface area contributed by atoms with Crippen molar-refractivity contribution in [1.82, 2.24) is 15.1 Å². The van der Waals surface area contributed by atoms with E-state index in [-0.39, 0.29) is 100 Å². The number of nitrogens with one attached hydrogen (secondary N) is 1. The Hall–Kier alpha value is -2.46. The molecule has 1 radical (unpaired) electrons. The fourth-order valence-electron chi connectivity index (χ4n) is 8.54. The maximum atomic E-state index is 13.6. The van der Waals surface area contributed by atoms with Crippen LogP contribution in [-0.2, 0) is 25.5 Å². The Bertz CT molecular complexity index is 1740. The Morgan fingerprint density at radius 2 is 1.92 bits per heavy atom. The number of rotatable bonds is 7. The van der Waals surface area contributed by atoms with Gasteiger partial charge in [-0.2, -0.15) is 5.26 Å². The molecule has 6 aliphatic heterocycles. The fourth-order valence-corrected chi connectivity index (χ4v) is 10.0. The van der Waals surface area contributed by atoms with Crippen LogP contribution in [0.2, 0.25) is 0 Å². The summed E-state index contributed by atoms with van der Waals surface area (Å²) in [5, 5.41) is 25.4. The number of ether oxygens (including phenoxy) is 6. The van der Waals surface area contributed by atoms with Gasteiger partial charge in [-0.1, -0.05) is 13.0 Å². The number of piperazine rings is 1. The molecule has 4 bridgehead atoms. The van der Waals surface area contributed by atoms with Crippen LogP contribution in [0, 0.1) is 69.2 Å². The van der Waals surface area contributed by atoms with Gasteiger partial charge in [0.15, 0.2) is 29.8 Å². The number of nitrogens with zero attached hydrogens (tertiary/aromatic N) is 3. The van der Waals surface area contributed by atoms with Gasteiger partial charge in [-0.25, -0.2) is 4.79 Å². The van der Waals surface area contributed by atoms with E-state index in [1.54, 1.807) is 21.1 Å². The van der Waals surface area contributed by atoms with Crippen LogP contribution in [0.3, 0.4) is 0 Å². The minimum atomic E-state index is -0.902. The fraction of sp³-hybridized carbons (Fsp3) is 0.571. The number of methoxy groups -OCH3 is 2. The molecule has 1 unspecified atom stereocenters. The van der Waals surface area contributed by atoms with E-state index in [0.717, 1.165) is 16.7 Å². The first-order chi connectivity index (χ1) is 23.7. The third-order valence-corrected chi connectivity index (χ3v) is 12.0. The largest absolute Gasteiger partial charge is 0.507 e. The number of thioether (sulfide) groups is 1. The van der Waals surface area contributed by atoms with Gasteiger partial charge in [0.1, 0.15) is 24.4 Å². The molecule has 2 N–H and O–H groups in total. The molecule has 0 aliphatic carbocycles. The predicted molar refractivity (Wildman–Crippen MR) is 178 cm³/mol. The number of hydrogen-bond donors (Lipinski definition) is 2. The smallest absolute Gasteiger partial charge is 0.329 e. The predicted octanol–water partition coefficient (Wildman–Crippen LogP) is 3.57. The number of hydrogen-bond acceptors (Lipinski definition) is 13. The average Bonchev–Trinajstić information content (AvgIpc) is 3.57. The van der Waals surface area contributed by atoms with Crippen LogP contribution < -0.4 is 24.3 Å².